The fourth-order valence-electron chi connectivity index (χ4n) is 1.62. The van der Waals surface area contributed by atoms with Crippen molar-refractivity contribution in [1.82, 2.24) is 10.6 Å². The molecule has 0 aromatic heterocycles. The molecule has 0 saturated heterocycles. The molecule has 0 unspecified atom stereocenters. The number of benzene rings is 1. The third-order valence-electron chi connectivity index (χ3n) is 2.91. The fourth-order valence-corrected chi connectivity index (χ4v) is 1.62. The van der Waals surface area contributed by atoms with Gasteiger partial charge in [0.05, 0.1) is 11.8 Å². The number of nitrogens with one attached hydrogen (secondary N) is 2. The second-order valence-electron chi connectivity index (χ2n) is 5.16. The van der Waals surface area contributed by atoms with Gasteiger partial charge < -0.3 is 16.4 Å². The van der Waals surface area contributed by atoms with E-state index >= 15 is 0 Å². The molecule has 0 saturated carbocycles. The molecule has 0 aliphatic heterocycles. The van der Waals surface area contributed by atoms with E-state index < -0.39 is 5.41 Å². The molecule has 0 fully saturated rings. The molecule has 0 spiro atoms. The first-order valence-electron chi connectivity index (χ1n) is 6.18. The molecule has 5 nitrogen and oxygen atoms in total. The van der Waals surface area contributed by atoms with E-state index in [1.54, 1.807) is 33.0 Å². The van der Waals surface area contributed by atoms with E-state index in [0.717, 1.165) is 5.56 Å². The number of hydrogen-bond donors (Lipinski definition) is 3. The van der Waals surface area contributed by atoms with E-state index in [9.17, 15) is 9.59 Å². The molecule has 2 amide bonds. The van der Waals surface area contributed by atoms with E-state index in [-0.39, 0.29) is 18.2 Å². The maximum absolute atomic E-state index is 11.8. The summed E-state index contributed by atoms with van der Waals surface area (Å²) in [5, 5.41) is 5.35. The van der Waals surface area contributed by atoms with Gasteiger partial charge in [-0.15, -0.1) is 0 Å². The average molecular weight is 263 g/mol. The summed E-state index contributed by atoms with van der Waals surface area (Å²) in [5.74, 6) is -0.206. The average Bonchev–Trinajstić information content (AvgIpc) is 2.38. The van der Waals surface area contributed by atoms with E-state index in [0.29, 0.717) is 12.2 Å². The summed E-state index contributed by atoms with van der Waals surface area (Å²) in [6.07, 6.45) is 0.282. The second-order valence-corrected chi connectivity index (χ2v) is 5.16. The quantitative estimate of drug-likeness (QED) is 0.684. The minimum atomic E-state index is -0.620. The van der Waals surface area contributed by atoms with Crippen molar-refractivity contribution in [1.29, 1.82) is 0 Å². The van der Waals surface area contributed by atoms with Crippen LogP contribution in [0.1, 0.15) is 19.4 Å². The third kappa shape index (κ3) is 4.62. The van der Waals surface area contributed by atoms with Crippen molar-refractivity contribution in [2.75, 3.05) is 19.3 Å². The van der Waals surface area contributed by atoms with Crippen molar-refractivity contribution in [2.45, 2.75) is 20.3 Å². The van der Waals surface area contributed by atoms with Crippen molar-refractivity contribution in [2.24, 2.45) is 5.41 Å². The van der Waals surface area contributed by atoms with Crippen LogP contribution in [0.15, 0.2) is 24.3 Å². The summed E-state index contributed by atoms with van der Waals surface area (Å²) >= 11 is 0. The van der Waals surface area contributed by atoms with Crippen LogP contribution in [0.3, 0.4) is 0 Å². The lowest BCUT2D eigenvalue weighted by Gasteiger charge is -2.22. The van der Waals surface area contributed by atoms with E-state index in [4.69, 9.17) is 5.73 Å². The first kappa shape index (κ1) is 15.0. The van der Waals surface area contributed by atoms with E-state index in [1.165, 1.54) is 0 Å². The van der Waals surface area contributed by atoms with Gasteiger partial charge in [-0.05, 0) is 31.5 Å². The lowest BCUT2D eigenvalue weighted by atomic mass is 9.92. The number of anilines is 1. The summed E-state index contributed by atoms with van der Waals surface area (Å²) in [6.45, 7) is 3.88. The number of amides is 2. The van der Waals surface area contributed by atoms with Crippen LogP contribution >= 0.6 is 0 Å². The normalized spacial score (nSPS) is 10.9. The van der Waals surface area contributed by atoms with Crippen molar-refractivity contribution in [3.8, 4) is 0 Å². The summed E-state index contributed by atoms with van der Waals surface area (Å²) < 4.78 is 0. The van der Waals surface area contributed by atoms with Gasteiger partial charge >= 0.3 is 0 Å². The summed E-state index contributed by atoms with van der Waals surface area (Å²) in [5.41, 5.74) is 6.52. The number of carbonyl (C=O) groups is 2. The largest absolute Gasteiger partial charge is 0.399 e. The smallest absolute Gasteiger partial charge is 0.227 e. The molecule has 5 heteroatoms. The molecule has 104 valence electrons. The predicted molar refractivity (Wildman–Crippen MR) is 75.4 cm³/mol. The molecule has 1 aromatic rings. The molecule has 19 heavy (non-hydrogen) atoms. The molecule has 0 aliphatic carbocycles. The number of carbonyl (C=O) groups excluding carboxylic acids is 2. The topological polar surface area (TPSA) is 84.2 Å². The highest BCUT2D eigenvalue weighted by atomic mass is 16.2. The SMILES string of the molecule is CNC(=O)C(C)(C)CNC(=O)Cc1ccc(N)cc1. The Balaban J connectivity index is 2.48. The highest BCUT2D eigenvalue weighted by Gasteiger charge is 2.26. The number of nitrogens with two attached hydrogens (primary N) is 1. The Morgan fingerprint density at radius 1 is 1.21 bits per heavy atom. The maximum atomic E-state index is 11.8. The predicted octanol–water partition coefficient (Wildman–Crippen LogP) is 0.700. The maximum Gasteiger partial charge on any atom is 0.227 e. The standard InChI is InChI=1S/C14H21N3O2/c1-14(2,13(19)16-3)9-17-12(18)8-10-4-6-11(15)7-5-10/h4-7H,8-9,15H2,1-3H3,(H,16,19)(H,17,18). The van der Waals surface area contributed by atoms with Crippen LogP contribution in [0.25, 0.3) is 0 Å². The molecule has 0 heterocycles. The lowest BCUT2D eigenvalue weighted by molar-refractivity contribution is -0.129. The van der Waals surface area contributed by atoms with Gasteiger partial charge in [0.2, 0.25) is 11.8 Å². The molecule has 0 atom stereocenters. The van der Waals surface area contributed by atoms with Gasteiger partial charge in [-0.3, -0.25) is 9.59 Å². The molecular weight excluding hydrogens is 242 g/mol. The number of rotatable bonds is 5. The highest BCUT2D eigenvalue weighted by Crippen LogP contribution is 2.13. The van der Waals surface area contributed by atoms with Gasteiger partial charge in [0.15, 0.2) is 0 Å². The lowest BCUT2D eigenvalue weighted by Crippen LogP contribution is -2.44. The molecule has 0 radical (unpaired) electrons. The Morgan fingerprint density at radius 3 is 2.32 bits per heavy atom. The first-order chi connectivity index (χ1) is 8.85. The zero-order chi connectivity index (χ0) is 14.5. The van der Waals surface area contributed by atoms with Crippen molar-refractivity contribution in [3.05, 3.63) is 29.8 Å². The van der Waals surface area contributed by atoms with Crippen LogP contribution in [0.5, 0.6) is 0 Å². The minimum absolute atomic E-state index is 0.0970. The van der Waals surface area contributed by atoms with Gasteiger partial charge in [-0.25, -0.2) is 0 Å². The van der Waals surface area contributed by atoms with Gasteiger partial charge in [-0.1, -0.05) is 12.1 Å². The first-order valence-corrected chi connectivity index (χ1v) is 6.18. The van der Waals surface area contributed by atoms with Crippen LogP contribution in [-0.2, 0) is 16.0 Å². The Bertz CT molecular complexity index is 452. The molecular formula is C14H21N3O2. The van der Waals surface area contributed by atoms with Crippen LogP contribution in [0.2, 0.25) is 0 Å². The minimum Gasteiger partial charge on any atom is -0.399 e. The van der Waals surface area contributed by atoms with Crippen LogP contribution in [0, 0.1) is 5.41 Å². The van der Waals surface area contributed by atoms with Gasteiger partial charge in [0.1, 0.15) is 0 Å². The third-order valence-corrected chi connectivity index (χ3v) is 2.91. The number of nitrogen functional groups attached to an aromatic ring is 1. The van der Waals surface area contributed by atoms with E-state index in [2.05, 4.69) is 10.6 Å². The van der Waals surface area contributed by atoms with Gasteiger partial charge in [-0.2, -0.15) is 0 Å². The highest BCUT2D eigenvalue weighted by molar-refractivity contribution is 5.83. The monoisotopic (exact) mass is 263 g/mol. The molecule has 0 aliphatic rings. The molecule has 1 rings (SSSR count). The zero-order valence-electron chi connectivity index (χ0n) is 11.6. The Kier molecular flexibility index (Phi) is 4.92. The second kappa shape index (κ2) is 6.22. The van der Waals surface area contributed by atoms with Crippen molar-refractivity contribution < 1.29 is 9.59 Å². The Hall–Kier alpha value is -2.04. The molecule has 0 bridgehead atoms. The van der Waals surface area contributed by atoms with Crippen LogP contribution < -0.4 is 16.4 Å². The van der Waals surface area contributed by atoms with Crippen LogP contribution in [0.4, 0.5) is 5.69 Å². The van der Waals surface area contributed by atoms with Crippen molar-refractivity contribution >= 4 is 17.5 Å². The Labute approximate surface area is 113 Å². The molecule has 4 N–H and O–H groups in total. The summed E-state index contributed by atoms with van der Waals surface area (Å²) in [6, 6.07) is 7.16. The van der Waals surface area contributed by atoms with E-state index in [1.807, 2.05) is 12.1 Å². The fraction of sp³-hybridized carbons (Fsp3) is 0.429. The Morgan fingerprint density at radius 2 is 1.79 bits per heavy atom. The molecule has 1 aromatic carbocycles. The zero-order valence-corrected chi connectivity index (χ0v) is 11.6. The van der Waals surface area contributed by atoms with Gasteiger partial charge in [0.25, 0.3) is 0 Å². The summed E-state index contributed by atoms with van der Waals surface area (Å²) in [7, 11) is 1.58. The van der Waals surface area contributed by atoms with Crippen molar-refractivity contribution in [3.63, 3.8) is 0 Å². The number of hydrogen-bond acceptors (Lipinski definition) is 3. The summed E-state index contributed by atoms with van der Waals surface area (Å²) in [4.78, 5) is 23.3. The van der Waals surface area contributed by atoms with Crippen LogP contribution in [-0.4, -0.2) is 25.4 Å². The van der Waals surface area contributed by atoms with Gasteiger partial charge in [0, 0.05) is 19.3 Å².